The fraction of sp³-hybridized carbons (Fsp3) is 0.714. The molecule has 2 nitrogen and oxygen atoms in total. The molecule has 0 unspecified atom stereocenters. The van der Waals surface area contributed by atoms with Crippen LogP contribution in [0.4, 0.5) is 0 Å². The summed E-state index contributed by atoms with van der Waals surface area (Å²) in [5, 5.41) is 0. The Hall–Kier alpha value is -0.500. The number of hydrogen-bond acceptors (Lipinski definition) is 2. The van der Waals surface area contributed by atoms with E-state index < -0.39 is 0 Å². The summed E-state index contributed by atoms with van der Waals surface area (Å²) in [5.74, 6) is 0. The Kier molecular flexibility index (Phi) is 1.76. The van der Waals surface area contributed by atoms with Crippen LogP contribution in [-0.4, -0.2) is 25.0 Å². The standard InChI is InChI=1S/C7H14N2/c1-6-5-9(2)4-3-7(6)8/h3-5,8H2,1-2H3. The first-order valence-electron chi connectivity index (χ1n) is 3.33. The molecule has 2 N–H and O–H groups in total. The van der Waals surface area contributed by atoms with Crippen molar-refractivity contribution in [2.75, 3.05) is 20.1 Å². The van der Waals surface area contributed by atoms with E-state index in [0.717, 1.165) is 25.2 Å². The highest BCUT2D eigenvalue weighted by Gasteiger charge is 2.08. The van der Waals surface area contributed by atoms with Gasteiger partial charge in [-0.15, -0.1) is 0 Å². The summed E-state index contributed by atoms with van der Waals surface area (Å²) in [7, 11) is 2.12. The summed E-state index contributed by atoms with van der Waals surface area (Å²) in [6.45, 7) is 4.26. The molecule has 0 saturated heterocycles. The van der Waals surface area contributed by atoms with E-state index in [-0.39, 0.29) is 0 Å². The first-order chi connectivity index (χ1) is 4.20. The van der Waals surface area contributed by atoms with Gasteiger partial charge in [0.25, 0.3) is 0 Å². The lowest BCUT2D eigenvalue weighted by Crippen LogP contribution is -2.29. The summed E-state index contributed by atoms with van der Waals surface area (Å²) in [5.41, 5.74) is 8.12. The molecule has 0 aromatic rings. The van der Waals surface area contributed by atoms with E-state index in [1.54, 1.807) is 0 Å². The van der Waals surface area contributed by atoms with Gasteiger partial charge in [-0.05, 0) is 26.0 Å². The Morgan fingerprint density at radius 1 is 1.56 bits per heavy atom. The molecular weight excluding hydrogens is 112 g/mol. The lowest BCUT2D eigenvalue weighted by atomic mass is 10.1. The van der Waals surface area contributed by atoms with Crippen molar-refractivity contribution in [1.82, 2.24) is 4.90 Å². The third-order valence-corrected chi connectivity index (χ3v) is 1.82. The summed E-state index contributed by atoms with van der Waals surface area (Å²) >= 11 is 0. The predicted octanol–water partition coefficient (Wildman–Crippen LogP) is 0.555. The van der Waals surface area contributed by atoms with Gasteiger partial charge < -0.3 is 10.6 Å². The van der Waals surface area contributed by atoms with E-state index in [1.807, 2.05) is 0 Å². The molecule has 0 atom stereocenters. The molecule has 0 spiro atoms. The minimum atomic E-state index is 1.04. The van der Waals surface area contributed by atoms with Crippen LogP contribution in [0.1, 0.15) is 13.3 Å². The van der Waals surface area contributed by atoms with E-state index in [2.05, 4.69) is 18.9 Å². The molecule has 0 aromatic heterocycles. The molecule has 0 bridgehead atoms. The largest absolute Gasteiger partial charge is 0.402 e. The van der Waals surface area contributed by atoms with Crippen molar-refractivity contribution in [1.29, 1.82) is 0 Å². The second-order valence-corrected chi connectivity index (χ2v) is 2.79. The second kappa shape index (κ2) is 2.40. The van der Waals surface area contributed by atoms with Crippen molar-refractivity contribution in [3.63, 3.8) is 0 Å². The Labute approximate surface area is 56.3 Å². The Morgan fingerprint density at radius 3 is 2.67 bits per heavy atom. The van der Waals surface area contributed by atoms with Gasteiger partial charge in [0.15, 0.2) is 0 Å². The maximum absolute atomic E-state index is 5.69. The Bertz CT molecular complexity index is 138. The zero-order chi connectivity index (χ0) is 6.85. The van der Waals surface area contributed by atoms with E-state index in [4.69, 9.17) is 5.73 Å². The van der Waals surface area contributed by atoms with Crippen molar-refractivity contribution in [3.8, 4) is 0 Å². The van der Waals surface area contributed by atoms with Gasteiger partial charge >= 0.3 is 0 Å². The van der Waals surface area contributed by atoms with Crippen LogP contribution >= 0.6 is 0 Å². The fourth-order valence-corrected chi connectivity index (χ4v) is 1.11. The molecule has 0 aliphatic carbocycles. The highest BCUT2D eigenvalue weighted by molar-refractivity contribution is 5.13. The molecule has 2 heteroatoms. The highest BCUT2D eigenvalue weighted by Crippen LogP contribution is 2.10. The zero-order valence-corrected chi connectivity index (χ0v) is 6.15. The molecule has 0 fully saturated rings. The number of nitrogens with two attached hydrogens (primary N) is 1. The van der Waals surface area contributed by atoms with Gasteiger partial charge in [0.2, 0.25) is 0 Å². The molecule has 1 rings (SSSR count). The summed E-state index contributed by atoms with van der Waals surface area (Å²) in [4.78, 5) is 2.28. The van der Waals surface area contributed by atoms with Crippen molar-refractivity contribution in [2.45, 2.75) is 13.3 Å². The summed E-state index contributed by atoms with van der Waals surface area (Å²) in [6.07, 6.45) is 1.04. The summed E-state index contributed by atoms with van der Waals surface area (Å²) < 4.78 is 0. The molecule has 0 radical (unpaired) electrons. The van der Waals surface area contributed by atoms with Crippen LogP contribution in [0, 0.1) is 0 Å². The van der Waals surface area contributed by atoms with E-state index in [9.17, 15) is 0 Å². The topological polar surface area (TPSA) is 29.3 Å². The fourth-order valence-electron chi connectivity index (χ4n) is 1.11. The molecule has 1 heterocycles. The molecule has 9 heavy (non-hydrogen) atoms. The van der Waals surface area contributed by atoms with Crippen LogP contribution in [-0.2, 0) is 0 Å². The number of likely N-dealkylation sites (N-methyl/N-ethyl adjacent to an activating group) is 1. The molecule has 52 valence electrons. The van der Waals surface area contributed by atoms with Crippen molar-refractivity contribution in [2.24, 2.45) is 5.73 Å². The van der Waals surface area contributed by atoms with Crippen LogP contribution in [0.3, 0.4) is 0 Å². The van der Waals surface area contributed by atoms with Gasteiger partial charge in [-0.1, -0.05) is 0 Å². The van der Waals surface area contributed by atoms with Crippen LogP contribution in [0.2, 0.25) is 0 Å². The van der Waals surface area contributed by atoms with Gasteiger partial charge in [0.1, 0.15) is 0 Å². The SMILES string of the molecule is CC1=C(N)CCN(C)C1. The number of hydrogen-bond donors (Lipinski definition) is 1. The minimum Gasteiger partial charge on any atom is -0.402 e. The maximum Gasteiger partial charge on any atom is 0.0207 e. The molecular formula is C7H14N2. The van der Waals surface area contributed by atoms with E-state index in [1.165, 1.54) is 5.57 Å². The lowest BCUT2D eigenvalue weighted by Gasteiger charge is -2.23. The third kappa shape index (κ3) is 1.45. The Balaban J connectivity index is 2.61. The monoisotopic (exact) mass is 126 g/mol. The van der Waals surface area contributed by atoms with Gasteiger partial charge in [-0.2, -0.15) is 0 Å². The van der Waals surface area contributed by atoms with Crippen molar-refractivity contribution in [3.05, 3.63) is 11.3 Å². The average molecular weight is 126 g/mol. The van der Waals surface area contributed by atoms with Gasteiger partial charge in [0, 0.05) is 18.8 Å². The first-order valence-corrected chi connectivity index (χ1v) is 3.33. The van der Waals surface area contributed by atoms with Gasteiger partial charge in [-0.25, -0.2) is 0 Å². The maximum atomic E-state index is 5.69. The Morgan fingerprint density at radius 2 is 2.22 bits per heavy atom. The number of rotatable bonds is 0. The van der Waals surface area contributed by atoms with Crippen LogP contribution in [0.5, 0.6) is 0 Å². The third-order valence-electron chi connectivity index (χ3n) is 1.82. The van der Waals surface area contributed by atoms with Gasteiger partial charge in [0.05, 0.1) is 0 Å². The molecule has 0 aromatic carbocycles. The molecule has 0 amide bonds. The van der Waals surface area contributed by atoms with Crippen LogP contribution in [0.15, 0.2) is 11.3 Å². The van der Waals surface area contributed by atoms with Gasteiger partial charge in [-0.3, -0.25) is 0 Å². The number of nitrogens with zero attached hydrogens (tertiary/aromatic N) is 1. The second-order valence-electron chi connectivity index (χ2n) is 2.79. The van der Waals surface area contributed by atoms with Crippen LogP contribution < -0.4 is 5.73 Å². The van der Waals surface area contributed by atoms with E-state index >= 15 is 0 Å². The van der Waals surface area contributed by atoms with Crippen molar-refractivity contribution < 1.29 is 0 Å². The predicted molar refractivity (Wildman–Crippen MR) is 39.0 cm³/mol. The van der Waals surface area contributed by atoms with Crippen molar-refractivity contribution >= 4 is 0 Å². The lowest BCUT2D eigenvalue weighted by molar-refractivity contribution is 0.347. The minimum absolute atomic E-state index is 1.04. The zero-order valence-electron chi connectivity index (χ0n) is 6.15. The van der Waals surface area contributed by atoms with E-state index in [0.29, 0.717) is 0 Å². The van der Waals surface area contributed by atoms with Crippen LogP contribution in [0.25, 0.3) is 0 Å². The molecule has 1 aliphatic rings. The highest BCUT2D eigenvalue weighted by atomic mass is 15.1. The summed E-state index contributed by atoms with van der Waals surface area (Å²) in [6, 6.07) is 0. The first kappa shape index (κ1) is 6.62. The molecule has 1 aliphatic heterocycles. The smallest absolute Gasteiger partial charge is 0.0207 e. The molecule has 0 saturated carbocycles. The quantitative estimate of drug-likeness (QED) is 0.513. The normalized spacial score (nSPS) is 22.9. The average Bonchev–Trinajstić information content (AvgIpc) is 1.80.